The van der Waals surface area contributed by atoms with E-state index in [0.717, 1.165) is 0 Å². The van der Waals surface area contributed by atoms with Gasteiger partial charge < -0.3 is 9.73 Å². The number of halogens is 2. The molecule has 3 rings (SSSR count). The predicted octanol–water partition coefficient (Wildman–Crippen LogP) is 4.45. The number of hydrogen-bond acceptors (Lipinski definition) is 4. The monoisotopic (exact) mass is 322 g/mol. The van der Waals surface area contributed by atoms with E-state index in [1.807, 2.05) is 0 Å². The molecular formula is C14H8ClFN2O2S. The van der Waals surface area contributed by atoms with E-state index >= 15 is 0 Å². The van der Waals surface area contributed by atoms with Gasteiger partial charge in [-0.25, -0.2) is 9.37 Å². The molecule has 0 aliphatic heterocycles. The fraction of sp³-hybridized carbons (Fsp3) is 0. The molecule has 3 aromatic rings. The van der Waals surface area contributed by atoms with E-state index in [1.165, 1.54) is 29.7 Å². The van der Waals surface area contributed by atoms with Gasteiger partial charge >= 0.3 is 0 Å². The van der Waals surface area contributed by atoms with Crippen LogP contribution < -0.4 is 5.32 Å². The SMILES string of the molecule is O=C(Nc1cccc(Cl)c1F)c1csc(-c2ccco2)n1. The van der Waals surface area contributed by atoms with Gasteiger partial charge in [0.1, 0.15) is 5.69 Å². The van der Waals surface area contributed by atoms with Crippen LogP contribution in [0.4, 0.5) is 10.1 Å². The lowest BCUT2D eigenvalue weighted by atomic mass is 10.3. The Labute approximate surface area is 128 Å². The number of anilines is 1. The van der Waals surface area contributed by atoms with Crippen molar-refractivity contribution in [3.8, 4) is 10.8 Å². The molecule has 106 valence electrons. The Hall–Kier alpha value is -2.18. The number of nitrogens with zero attached hydrogens (tertiary/aromatic N) is 1. The van der Waals surface area contributed by atoms with Crippen molar-refractivity contribution in [3.05, 3.63) is 58.5 Å². The maximum atomic E-state index is 13.7. The van der Waals surface area contributed by atoms with Gasteiger partial charge in [0.2, 0.25) is 0 Å². The minimum absolute atomic E-state index is 0.0139. The standard InChI is InChI=1S/C14H8ClFN2O2S/c15-8-3-1-4-9(12(8)16)17-13(19)10-7-21-14(18-10)11-5-2-6-20-11/h1-7H,(H,17,19). The molecule has 1 amide bonds. The van der Waals surface area contributed by atoms with E-state index in [-0.39, 0.29) is 16.4 Å². The number of hydrogen-bond donors (Lipinski definition) is 1. The predicted molar refractivity (Wildman–Crippen MR) is 79.2 cm³/mol. The number of rotatable bonds is 3. The van der Waals surface area contributed by atoms with Crippen LogP contribution in [-0.2, 0) is 0 Å². The fourth-order valence-electron chi connectivity index (χ4n) is 1.68. The van der Waals surface area contributed by atoms with Gasteiger partial charge in [-0.05, 0) is 24.3 Å². The normalized spacial score (nSPS) is 10.6. The lowest BCUT2D eigenvalue weighted by Gasteiger charge is -2.05. The number of benzene rings is 1. The highest BCUT2D eigenvalue weighted by atomic mass is 35.5. The molecule has 0 aliphatic rings. The average Bonchev–Trinajstić information content (AvgIpc) is 3.13. The fourth-order valence-corrected chi connectivity index (χ4v) is 2.62. The number of carbonyl (C=O) groups is 1. The zero-order chi connectivity index (χ0) is 14.8. The average molecular weight is 323 g/mol. The lowest BCUT2D eigenvalue weighted by molar-refractivity contribution is 0.102. The first kappa shape index (κ1) is 13.8. The summed E-state index contributed by atoms with van der Waals surface area (Å²) in [6.45, 7) is 0. The largest absolute Gasteiger partial charge is 0.462 e. The Bertz CT molecular complexity index is 786. The molecule has 0 saturated carbocycles. The summed E-state index contributed by atoms with van der Waals surface area (Å²) in [5.41, 5.74) is 0.200. The molecule has 0 bridgehead atoms. The number of nitrogens with one attached hydrogen (secondary N) is 1. The van der Waals surface area contributed by atoms with E-state index in [4.69, 9.17) is 16.0 Å². The molecular weight excluding hydrogens is 315 g/mol. The van der Waals surface area contributed by atoms with E-state index in [2.05, 4.69) is 10.3 Å². The molecule has 0 spiro atoms. The molecule has 1 aromatic carbocycles. The smallest absolute Gasteiger partial charge is 0.275 e. The van der Waals surface area contributed by atoms with Crippen LogP contribution in [0.3, 0.4) is 0 Å². The molecule has 1 N–H and O–H groups in total. The van der Waals surface area contributed by atoms with Crippen LogP contribution in [0, 0.1) is 5.82 Å². The Morgan fingerprint density at radius 3 is 2.95 bits per heavy atom. The molecule has 0 aliphatic carbocycles. The minimum Gasteiger partial charge on any atom is -0.462 e. The van der Waals surface area contributed by atoms with Crippen LogP contribution in [0.1, 0.15) is 10.5 Å². The second-order valence-corrected chi connectivity index (χ2v) is 5.34. The number of carbonyl (C=O) groups excluding carboxylic acids is 1. The van der Waals surface area contributed by atoms with Gasteiger partial charge in [-0.3, -0.25) is 4.79 Å². The van der Waals surface area contributed by atoms with E-state index in [9.17, 15) is 9.18 Å². The second-order valence-electron chi connectivity index (χ2n) is 4.07. The van der Waals surface area contributed by atoms with Crippen molar-refractivity contribution >= 4 is 34.5 Å². The molecule has 0 unspecified atom stereocenters. The minimum atomic E-state index is -0.672. The number of amides is 1. The molecule has 21 heavy (non-hydrogen) atoms. The van der Waals surface area contributed by atoms with Crippen molar-refractivity contribution in [2.45, 2.75) is 0 Å². The van der Waals surface area contributed by atoms with Gasteiger partial charge in [-0.15, -0.1) is 11.3 Å². The van der Waals surface area contributed by atoms with Crippen molar-refractivity contribution in [2.24, 2.45) is 0 Å². The van der Waals surface area contributed by atoms with Gasteiger partial charge in [-0.1, -0.05) is 17.7 Å². The Morgan fingerprint density at radius 2 is 2.19 bits per heavy atom. The molecule has 7 heteroatoms. The van der Waals surface area contributed by atoms with Crippen molar-refractivity contribution in [1.82, 2.24) is 4.98 Å². The summed E-state index contributed by atoms with van der Waals surface area (Å²) in [7, 11) is 0. The van der Waals surface area contributed by atoms with Crippen molar-refractivity contribution in [3.63, 3.8) is 0 Å². The van der Waals surface area contributed by atoms with Crippen molar-refractivity contribution in [1.29, 1.82) is 0 Å². The summed E-state index contributed by atoms with van der Waals surface area (Å²) in [4.78, 5) is 16.2. The molecule has 0 radical (unpaired) electrons. The summed E-state index contributed by atoms with van der Waals surface area (Å²) in [6, 6.07) is 7.87. The first-order chi connectivity index (χ1) is 10.1. The molecule has 2 heterocycles. The van der Waals surface area contributed by atoms with Gasteiger partial charge in [0.15, 0.2) is 16.6 Å². The van der Waals surface area contributed by atoms with Gasteiger partial charge in [-0.2, -0.15) is 0 Å². The summed E-state index contributed by atoms with van der Waals surface area (Å²) < 4.78 is 18.9. The topological polar surface area (TPSA) is 55.1 Å². The zero-order valence-electron chi connectivity index (χ0n) is 10.5. The highest BCUT2D eigenvalue weighted by molar-refractivity contribution is 7.13. The summed E-state index contributed by atoms with van der Waals surface area (Å²) in [5.74, 6) is -0.604. The molecule has 0 saturated heterocycles. The van der Waals surface area contributed by atoms with E-state index < -0.39 is 11.7 Å². The van der Waals surface area contributed by atoms with Crippen LogP contribution in [0.25, 0.3) is 10.8 Å². The van der Waals surface area contributed by atoms with Gasteiger partial charge in [0, 0.05) is 5.38 Å². The van der Waals surface area contributed by atoms with Gasteiger partial charge in [0.05, 0.1) is 17.0 Å². The van der Waals surface area contributed by atoms with E-state index in [1.54, 1.807) is 23.6 Å². The second kappa shape index (κ2) is 5.67. The molecule has 4 nitrogen and oxygen atoms in total. The molecule has 0 fully saturated rings. The lowest BCUT2D eigenvalue weighted by Crippen LogP contribution is -2.13. The summed E-state index contributed by atoms with van der Waals surface area (Å²) in [5, 5.41) is 4.55. The van der Waals surface area contributed by atoms with Crippen LogP contribution in [0.15, 0.2) is 46.4 Å². The number of thiazole rings is 1. The molecule has 0 atom stereocenters. The summed E-state index contributed by atoms with van der Waals surface area (Å²) >= 11 is 6.93. The quantitative estimate of drug-likeness (QED) is 0.775. The van der Waals surface area contributed by atoms with Crippen molar-refractivity contribution < 1.29 is 13.6 Å². The molecule has 2 aromatic heterocycles. The Kier molecular flexibility index (Phi) is 3.72. The Balaban J connectivity index is 1.81. The van der Waals surface area contributed by atoms with Crippen LogP contribution in [-0.4, -0.2) is 10.9 Å². The number of aromatic nitrogens is 1. The first-order valence-electron chi connectivity index (χ1n) is 5.90. The van der Waals surface area contributed by atoms with Crippen LogP contribution in [0.2, 0.25) is 5.02 Å². The maximum absolute atomic E-state index is 13.7. The Morgan fingerprint density at radius 1 is 1.33 bits per heavy atom. The first-order valence-corrected chi connectivity index (χ1v) is 7.15. The third-order valence-corrected chi connectivity index (χ3v) is 3.82. The van der Waals surface area contributed by atoms with Crippen molar-refractivity contribution in [2.75, 3.05) is 5.32 Å². The number of furan rings is 1. The van der Waals surface area contributed by atoms with Gasteiger partial charge in [0.25, 0.3) is 5.91 Å². The zero-order valence-corrected chi connectivity index (χ0v) is 12.0. The highest BCUT2D eigenvalue weighted by Gasteiger charge is 2.15. The maximum Gasteiger partial charge on any atom is 0.275 e. The van der Waals surface area contributed by atoms with E-state index in [0.29, 0.717) is 10.8 Å². The van der Waals surface area contributed by atoms with Crippen LogP contribution in [0.5, 0.6) is 0 Å². The third-order valence-electron chi connectivity index (χ3n) is 2.67. The van der Waals surface area contributed by atoms with Crippen LogP contribution >= 0.6 is 22.9 Å². The summed E-state index contributed by atoms with van der Waals surface area (Å²) in [6.07, 6.45) is 1.53. The third kappa shape index (κ3) is 2.81. The highest BCUT2D eigenvalue weighted by Crippen LogP contribution is 2.25.